The number of aryl methyl sites for hydroxylation is 2. The number of nitrogens with two attached hydrogens (primary N) is 1. The number of hydrogen-bond acceptors (Lipinski definition) is 4. The van der Waals surface area contributed by atoms with Gasteiger partial charge in [0.05, 0.1) is 4.90 Å². The lowest BCUT2D eigenvalue weighted by molar-refractivity contribution is -0.126. The van der Waals surface area contributed by atoms with Crippen molar-refractivity contribution in [3.63, 3.8) is 0 Å². The van der Waals surface area contributed by atoms with Gasteiger partial charge in [0, 0.05) is 31.6 Å². The number of nitrogens with zero attached hydrogens (tertiary/aromatic N) is 1. The second-order valence-electron chi connectivity index (χ2n) is 7.51. The maximum absolute atomic E-state index is 12.9. The van der Waals surface area contributed by atoms with E-state index >= 15 is 0 Å². The van der Waals surface area contributed by atoms with E-state index in [2.05, 4.69) is 12.2 Å². The SMILES string of the molecule is CCCCC(CN)NC(=O)C1CCN(S(=O)(=O)c2ccc(C)c(C)c2)CC1.Cl. The Hall–Kier alpha value is -1.15. The topological polar surface area (TPSA) is 92.5 Å². The lowest BCUT2D eigenvalue weighted by atomic mass is 9.96. The quantitative estimate of drug-likeness (QED) is 0.661. The first-order valence-electron chi connectivity index (χ1n) is 9.87. The van der Waals surface area contributed by atoms with Gasteiger partial charge in [-0.05, 0) is 56.4 Å². The zero-order chi connectivity index (χ0) is 20.0. The third kappa shape index (κ3) is 6.17. The van der Waals surface area contributed by atoms with Crippen LogP contribution in [0.2, 0.25) is 0 Å². The van der Waals surface area contributed by atoms with Gasteiger partial charge in [0.2, 0.25) is 15.9 Å². The molecule has 1 unspecified atom stereocenters. The molecule has 0 radical (unpaired) electrons. The molecule has 1 atom stereocenters. The van der Waals surface area contributed by atoms with Crippen LogP contribution in [0.15, 0.2) is 23.1 Å². The number of carbonyl (C=O) groups is 1. The molecule has 1 heterocycles. The summed E-state index contributed by atoms with van der Waals surface area (Å²) < 4.78 is 27.3. The predicted molar refractivity (Wildman–Crippen MR) is 115 cm³/mol. The molecule has 0 aliphatic carbocycles. The van der Waals surface area contributed by atoms with E-state index in [1.807, 2.05) is 19.9 Å². The van der Waals surface area contributed by atoms with Gasteiger partial charge in [0.1, 0.15) is 0 Å². The standard InChI is InChI=1S/C20H33N3O3S.ClH/c1-4-5-6-18(14-21)22-20(24)17-9-11-23(12-10-17)27(25,26)19-8-7-15(2)16(3)13-19;/h7-8,13,17-18H,4-6,9-12,14,21H2,1-3H3,(H,22,24);1H. The van der Waals surface area contributed by atoms with E-state index in [-0.39, 0.29) is 30.3 Å². The largest absolute Gasteiger partial charge is 0.352 e. The van der Waals surface area contributed by atoms with Gasteiger partial charge >= 0.3 is 0 Å². The number of halogens is 1. The van der Waals surface area contributed by atoms with Crippen molar-refractivity contribution < 1.29 is 13.2 Å². The Balaban J connectivity index is 0.00000392. The minimum absolute atomic E-state index is 0. The molecular weight excluding hydrogens is 398 g/mol. The average molecular weight is 432 g/mol. The van der Waals surface area contributed by atoms with Crippen molar-refractivity contribution in [3.8, 4) is 0 Å². The molecule has 8 heteroatoms. The lowest BCUT2D eigenvalue weighted by Crippen LogP contribution is -2.47. The van der Waals surface area contributed by atoms with Crippen molar-refractivity contribution in [2.75, 3.05) is 19.6 Å². The Labute approximate surface area is 175 Å². The van der Waals surface area contributed by atoms with Crippen LogP contribution in [0.4, 0.5) is 0 Å². The average Bonchev–Trinajstić information content (AvgIpc) is 2.67. The zero-order valence-electron chi connectivity index (χ0n) is 17.1. The number of rotatable bonds is 8. The molecule has 1 aliphatic heterocycles. The van der Waals surface area contributed by atoms with Crippen LogP contribution in [0.5, 0.6) is 0 Å². The second kappa shape index (κ2) is 11.1. The van der Waals surface area contributed by atoms with Crippen molar-refractivity contribution in [2.24, 2.45) is 11.7 Å². The van der Waals surface area contributed by atoms with Crippen molar-refractivity contribution in [2.45, 2.75) is 63.8 Å². The number of amides is 1. The summed E-state index contributed by atoms with van der Waals surface area (Å²) >= 11 is 0. The highest BCUT2D eigenvalue weighted by molar-refractivity contribution is 7.89. The molecule has 1 fully saturated rings. The van der Waals surface area contributed by atoms with Crippen LogP contribution >= 0.6 is 12.4 Å². The zero-order valence-corrected chi connectivity index (χ0v) is 18.7. The number of sulfonamides is 1. The first-order chi connectivity index (χ1) is 12.8. The highest BCUT2D eigenvalue weighted by Gasteiger charge is 2.32. The normalized spacial score (nSPS) is 17.0. The van der Waals surface area contributed by atoms with E-state index in [0.717, 1.165) is 30.4 Å². The van der Waals surface area contributed by atoms with Gasteiger partial charge in [0.25, 0.3) is 0 Å². The highest BCUT2D eigenvalue weighted by Crippen LogP contribution is 2.25. The smallest absolute Gasteiger partial charge is 0.243 e. The minimum atomic E-state index is -3.51. The van der Waals surface area contributed by atoms with Gasteiger partial charge in [-0.3, -0.25) is 4.79 Å². The van der Waals surface area contributed by atoms with E-state index in [0.29, 0.717) is 37.4 Å². The number of benzene rings is 1. The number of hydrogen-bond donors (Lipinski definition) is 2. The molecule has 28 heavy (non-hydrogen) atoms. The molecule has 0 spiro atoms. The molecule has 3 N–H and O–H groups in total. The van der Waals surface area contributed by atoms with Gasteiger partial charge in [-0.25, -0.2) is 8.42 Å². The Morgan fingerprint density at radius 1 is 1.25 bits per heavy atom. The number of carbonyl (C=O) groups excluding carboxylic acids is 1. The highest BCUT2D eigenvalue weighted by atomic mass is 35.5. The van der Waals surface area contributed by atoms with Crippen LogP contribution in [0.3, 0.4) is 0 Å². The molecule has 1 aromatic carbocycles. The fourth-order valence-electron chi connectivity index (χ4n) is 3.40. The number of piperidine rings is 1. The Morgan fingerprint density at radius 2 is 1.89 bits per heavy atom. The van der Waals surface area contributed by atoms with Crippen LogP contribution < -0.4 is 11.1 Å². The van der Waals surface area contributed by atoms with Crippen LogP contribution in [-0.2, 0) is 14.8 Å². The van der Waals surface area contributed by atoms with E-state index in [9.17, 15) is 13.2 Å². The van der Waals surface area contributed by atoms with Gasteiger partial charge in [-0.15, -0.1) is 12.4 Å². The first-order valence-corrected chi connectivity index (χ1v) is 11.3. The van der Waals surface area contributed by atoms with Crippen molar-refractivity contribution in [1.82, 2.24) is 9.62 Å². The van der Waals surface area contributed by atoms with Crippen molar-refractivity contribution in [1.29, 1.82) is 0 Å². The number of unbranched alkanes of at least 4 members (excludes halogenated alkanes) is 1. The maximum Gasteiger partial charge on any atom is 0.243 e. The molecule has 1 saturated heterocycles. The van der Waals surface area contributed by atoms with E-state index in [4.69, 9.17) is 5.73 Å². The molecule has 1 amide bonds. The molecule has 0 saturated carbocycles. The molecule has 6 nitrogen and oxygen atoms in total. The van der Waals surface area contributed by atoms with E-state index in [1.54, 1.807) is 12.1 Å². The fourth-order valence-corrected chi connectivity index (χ4v) is 4.96. The van der Waals surface area contributed by atoms with Crippen molar-refractivity contribution in [3.05, 3.63) is 29.3 Å². The Morgan fingerprint density at radius 3 is 2.43 bits per heavy atom. The predicted octanol–water partition coefficient (Wildman–Crippen LogP) is 2.76. The molecule has 1 aromatic rings. The van der Waals surface area contributed by atoms with Gasteiger partial charge in [-0.1, -0.05) is 25.8 Å². The summed E-state index contributed by atoms with van der Waals surface area (Å²) in [4.78, 5) is 12.8. The van der Waals surface area contributed by atoms with E-state index in [1.165, 1.54) is 4.31 Å². The van der Waals surface area contributed by atoms with Gasteiger partial charge in [-0.2, -0.15) is 4.31 Å². The first kappa shape index (κ1) is 24.9. The molecule has 2 rings (SSSR count). The van der Waals surface area contributed by atoms with Crippen LogP contribution in [0, 0.1) is 19.8 Å². The summed E-state index contributed by atoms with van der Waals surface area (Å²) in [5.41, 5.74) is 7.79. The second-order valence-corrected chi connectivity index (χ2v) is 9.45. The van der Waals surface area contributed by atoms with Gasteiger partial charge in [0.15, 0.2) is 0 Å². The third-order valence-corrected chi connectivity index (χ3v) is 7.37. The summed E-state index contributed by atoms with van der Waals surface area (Å²) in [7, 11) is -3.51. The summed E-state index contributed by atoms with van der Waals surface area (Å²) in [6.07, 6.45) is 4.08. The Kier molecular flexibility index (Phi) is 9.90. The minimum Gasteiger partial charge on any atom is -0.352 e. The van der Waals surface area contributed by atoms with Gasteiger partial charge < -0.3 is 11.1 Å². The maximum atomic E-state index is 12.9. The van der Waals surface area contributed by atoms with Crippen LogP contribution in [-0.4, -0.2) is 44.3 Å². The molecule has 0 aromatic heterocycles. The van der Waals surface area contributed by atoms with Crippen LogP contribution in [0.1, 0.15) is 50.2 Å². The third-order valence-electron chi connectivity index (χ3n) is 5.48. The summed E-state index contributed by atoms with van der Waals surface area (Å²) in [5, 5.41) is 3.04. The van der Waals surface area contributed by atoms with Crippen LogP contribution in [0.25, 0.3) is 0 Å². The molecular formula is C20H34ClN3O3S. The summed E-state index contributed by atoms with van der Waals surface area (Å²) in [5.74, 6) is -0.142. The Bertz CT molecular complexity index is 747. The lowest BCUT2D eigenvalue weighted by Gasteiger charge is -2.31. The monoisotopic (exact) mass is 431 g/mol. The molecule has 0 bridgehead atoms. The summed E-state index contributed by atoms with van der Waals surface area (Å²) in [6.45, 7) is 7.17. The fraction of sp³-hybridized carbons (Fsp3) is 0.650. The molecule has 160 valence electrons. The van der Waals surface area contributed by atoms with E-state index < -0.39 is 10.0 Å². The number of nitrogens with one attached hydrogen (secondary N) is 1. The molecule has 1 aliphatic rings. The summed E-state index contributed by atoms with van der Waals surface area (Å²) in [6, 6.07) is 5.24. The van der Waals surface area contributed by atoms with Crippen molar-refractivity contribution >= 4 is 28.3 Å².